The Labute approximate surface area is 133 Å². The summed E-state index contributed by atoms with van der Waals surface area (Å²) < 4.78 is 0. The normalized spacial score (nSPS) is 11.5. The molecular formula is C15H21N3O5. The standard InChI is InChI=1S/C15H21N3O5/c16-7-5-13(20)17-8-6-14(21)18-12(15(22)23)9-10-1-3-11(19)4-2-10/h1-4,12,19H,5-9,16H2,(H,17,20)(H,18,21)(H,22,23)/t12-/m0/s1. The number of phenols is 1. The maximum atomic E-state index is 11.8. The summed E-state index contributed by atoms with van der Waals surface area (Å²) in [5, 5.41) is 23.3. The van der Waals surface area contributed by atoms with Gasteiger partial charge in [-0.15, -0.1) is 0 Å². The fraction of sp³-hybridized carbons (Fsp3) is 0.400. The molecule has 23 heavy (non-hydrogen) atoms. The van der Waals surface area contributed by atoms with Crippen LogP contribution in [0.25, 0.3) is 0 Å². The van der Waals surface area contributed by atoms with Crippen LogP contribution in [0.15, 0.2) is 24.3 Å². The Morgan fingerprint density at radius 3 is 2.30 bits per heavy atom. The third-order valence-corrected chi connectivity index (χ3v) is 3.06. The Bertz CT molecular complexity index is 545. The van der Waals surface area contributed by atoms with Crippen LogP contribution in [0.3, 0.4) is 0 Å². The van der Waals surface area contributed by atoms with Crippen LogP contribution in [0.2, 0.25) is 0 Å². The molecule has 0 unspecified atom stereocenters. The molecule has 0 radical (unpaired) electrons. The quantitative estimate of drug-likeness (QED) is 0.409. The van der Waals surface area contributed by atoms with Gasteiger partial charge in [-0.2, -0.15) is 0 Å². The van der Waals surface area contributed by atoms with E-state index in [1.807, 2.05) is 0 Å². The van der Waals surface area contributed by atoms with E-state index in [4.69, 9.17) is 5.73 Å². The highest BCUT2D eigenvalue weighted by Gasteiger charge is 2.20. The highest BCUT2D eigenvalue weighted by molar-refractivity contribution is 5.84. The maximum absolute atomic E-state index is 11.8. The zero-order chi connectivity index (χ0) is 17.2. The Morgan fingerprint density at radius 1 is 1.09 bits per heavy atom. The van der Waals surface area contributed by atoms with Crippen molar-refractivity contribution in [2.24, 2.45) is 5.73 Å². The minimum Gasteiger partial charge on any atom is -0.508 e. The van der Waals surface area contributed by atoms with Gasteiger partial charge in [-0.1, -0.05) is 12.1 Å². The molecule has 0 bridgehead atoms. The largest absolute Gasteiger partial charge is 0.508 e. The molecule has 0 aliphatic carbocycles. The molecule has 8 heteroatoms. The molecular weight excluding hydrogens is 302 g/mol. The van der Waals surface area contributed by atoms with Crippen LogP contribution < -0.4 is 16.4 Å². The van der Waals surface area contributed by atoms with Crippen molar-refractivity contribution >= 4 is 17.8 Å². The van der Waals surface area contributed by atoms with Gasteiger partial charge in [0.05, 0.1) is 0 Å². The van der Waals surface area contributed by atoms with Crippen molar-refractivity contribution in [1.82, 2.24) is 10.6 Å². The highest BCUT2D eigenvalue weighted by atomic mass is 16.4. The second kappa shape index (κ2) is 9.42. The molecule has 0 aromatic heterocycles. The summed E-state index contributed by atoms with van der Waals surface area (Å²) >= 11 is 0. The smallest absolute Gasteiger partial charge is 0.326 e. The van der Waals surface area contributed by atoms with E-state index in [1.54, 1.807) is 12.1 Å². The topological polar surface area (TPSA) is 142 Å². The fourth-order valence-corrected chi connectivity index (χ4v) is 1.87. The lowest BCUT2D eigenvalue weighted by molar-refractivity contribution is -0.141. The van der Waals surface area contributed by atoms with Gasteiger partial charge in [-0.05, 0) is 17.7 Å². The number of carboxylic acids is 1. The molecule has 1 rings (SSSR count). The third-order valence-electron chi connectivity index (χ3n) is 3.06. The molecule has 6 N–H and O–H groups in total. The van der Waals surface area contributed by atoms with Gasteiger partial charge in [0.25, 0.3) is 0 Å². The van der Waals surface area contributed by atoms with E-state index in [1.165, 1.54) is 12.1 Å². The summed E-state index contributed by atoms with van der Waals surface area (Å²) in [4.78, 5) is 34.2. The van der Waals surface area contributed by atoms with Gasteiger partial charge < -0.3 is 26.6 Å². The highest BCUT2D eigenvalue weighted by Crippen LogP contribution is 2.11. The van der Waals surface area contributed by atoms with Gasteiger partial charge in [0, 0.05) is 32.4 Å². The number of nitrogens with one attached hydrogen (secondary N) is 2. The van der Waals surface area contributed by atoms with Crippen LogP contribution in [0.1, 0.15) is 18.4 Å². The Kier molecular flexibility index (Phi) is 7.55. The van der Waals surface area contributed by atoms with Gasteiger partial charge in [-0.25, -0.2) is 4.79 Å². The minimum atomic E-state index is -1.15. The first-order valence-corrected chi connectivity index (χ1v) is 7.19. The monoisotopic (exact) mass is 323 g/mol. The summed E-state index contributed by atoms with van der Waals surface area (Å²) in [6, 6.07) is 4.99. The number of carbonyl (C=O) groups is 3. The van der Waals surface area contributed by atoms with E-state index in [-0.39, 0.29) is 44.0 Å². The van der Waals surface area contributed by atoms with Crippen molar-refractivity contribution in [3.63, 3.8) is 0 Å². The molecule has 0 aliphatic rings. The molecule has 0 spiro atoms. The molecule has 0 saturated heterocycles. The maximum Gasteiger partial charge on any atom is 0.326 e. The lowest BCUT2D eigenvalue weighted by atomic mass is 10.1. The predicted molar refractivity (Wildman–Crippen MR) is 82.7 cm³/mol. The number of nitrogens with two attached hydrogens (primary N) is 1. The van der Waals surface area contributed by atoms with Gasteiger partial charge in [0.15, 0.2) is 0 Å². The number of phenolic OH excluding ortho intramolecular Hbond substituents is 1. The number of carbonyl (C=O) groups excluding carboxylic acids is 2. The van der Waals surface area contributed by atoms with E-state index < -0.39 is 17.9 Å². The molecule has 1 aromatic rings. The van der Waals surface area contributed by atoms with Crippen molar-refractivity contribution in [2.45, 2.75) is 25.3 Å². The van der Waals surface area contributed by atoms with Crippen LogP contribution in [-0.4, -0.2) is 47.1 Å². The van der Waals surface area contributed by atoms with E-state index in [9.17, 15) is 24.6 Å². The van der Waals surface area contributed by atoms with E-state index in [2.05, 4.69) is 10.6 Å². The molecule has 126 valence electrons. The molecule has 2 amide bonds. The van der Waals surface area contributed by atoms with Crippen molar-refractivity contribution in [3.8, 4) is 5.75 Å². The number of amides is 2. The average Bonchev–Trinajstić information content (AvgIpc) is 2.49. The Hall–Kier alpha value is -2.61. The zero-order valence-electron chi connectivity index (χ0n) is 12.6. The van der Waals surface area contributed by atoms with Crippen molar-refractivity contribution in [3.05, 3.63) is 29.8 Å². The minimum absolute atomic E-state index is 0.0182. The molecule has 0 aliphatic heterocycles. The van der Waals surface area contributed by atoms with Crippen LogP contribution in [0, 0.1) is 0 Å². The number of carboxylic acid groups (broad SMARTS) is 1. The van der Waals surface area contributed by atoms with E-state index in [0.29, 0.717) is 5.56 Å². The second-order valence-electron chi connectivity index (χ2n) is 4.97. The van der Waals surface area contributed by atoms with Crippen LogP contribution in [0.4, 0.5) is 0 Å². The SMILES string of the molecule is NCCC(=O)NCCC(=O)N[C@@H](Cc1ccc(O)cc1)C(=O)O. The van der Waals surface area contributed by atoms with Crippen molar-refractivity contribution in [2.75, 3.05) is 13.1 Å². The predicted octanol–water partition coefficient (Wildman–Crippen LogP) is -0.641. The molecule has 8 nitrogen and oxygen atoms in total. The van der Waals surface area contributed by atoms with Crippen molar-refractivity contribution < 1.29 is 24.6 Å². The third kappa shape index (κ3) is 7.28. The van der Waals surface area contributed by atoms with E-state index >= 15 is 0 Å². The van der Waals surface area contributed by atoms with Crippen molar-refractivity contribution in [1.29, 1.82) is 0 Å². The number of aromatic hydroxyl groups is 1. The fourth-order valence-electron chi connectivity index (χ4n) is 1.87. The van der Waals surface area contributed by atoms with Gasteiger partial charge >= 0.3 is 5.97 Å². The lowest BCUT2D eigenvalue weighted by Crippen LogP contribution is -2.43. The van der Waals surface area contributed by atoms with Gasteiger partial charge in [0.2, 0.25) is 11.8 Å². The van der Waals surface area contributed by atoms with Gasteiger partial charge in [-0.3, -0.25) is 9.59 Å². The summed E-state index contributed by atoms with van der Waals surface area (Å²) in [6.45, 7) is 0.349. The summed E-state index contributed by atoms with van der Waals surface area (Å²) in [5.74, 6) is -1.79. The van der Waals surface area contributed by atoms with Crippen LogP contribution in [-0.2, 0) is 20.8 Å². The number of benzene rings is 1. The molecule has 0 fully saturated rings. The number of hydrogen-bond donors (Lipinski definition) is 5. The van der Waals surface area contributed by atoms with Crippen LogP contribution >= 0.6 is 0 Å². The second-order valence-corrected chi connectivity index (χ2v) is 4.97. The Balaban J connectivity index is 2.45. The molecule has 1 aromatic carbocycles. The van der Waals surface area contributed by atoms with Crippen LogP contribution in [0.5, 0.6) is 5.75 Å². The summed E-state index contributed by atoms with van der Waals surface area (Å²) in [5.41, 5.74) is 5.89. The van der Waals surface area contributed by atoms with Gasteiger partial charge in [0.1, 0.15) is 11.8 Å². The summed E-state index contributed by atoms with van der Waals surface area (Å²) in [6.07, 6.45) is 0.261. The average molecular weight is 323 g/mol. The Morgan fingerprint density at radius 2 is 1.74 bits per heavy atom. The number of rotatable bonds is 9. The molecule has 1 atom stereocenters. The first-order chi connectivity index (χ1) is 10.9. The molecule has 0 heterocycles. The molecule has 0 saturated carbocycles. The first-order valence-electron chi connectivity index (χ1n) is 7.19. The zero-order valence-corrected chi connectivity index (χ0v) is 12.6. The number of aliphatic carboxylic acids is 1. The summed E-state index contributed by atoms with van der Waals surface area (Å²) in [7, 11) is 0. The number of hydrogen-bond acceptors (Lipinski definition) is 5. The van der Waals surface area contributed by atoms with E-state index in [0.717, 1.165) is 0 Å². The first kappa shape index (κ1) is 18.4. The lowest BCUT2D eigenvalue weighted by Gasteiger charge is -2.15.